The van der Waals surface area contributed by atoms with Gasteiger partial charge in [0.2, 0.25) is 0 Å². The van der Waals surface area contributed by atoms with Gasteiger partial charge in [-0.2, -0.15) is 0 Å². The quantitative estimate of drug-likeness (QED) is 0.776. The SMILES string of the molecule is CCN(C(=O)c1cc(F)ccc1Oc1cncnc1Cl)C(C)C. The lowest BCUT2D eigenvalue weighted by Crippen LogP contribution is -2.36. The first-order chi connectivity index (χ1) is 10.9. The van der Waals surface area contributed by atoms with Crippen LogP contribution in [0.2, 0.25) is 5.15 Å². The third-order valence-electron chi connectivity index (χ3n) is 3.25. The molecular formula is C16H17ClFN3O2. The van der Waals surface area contributed by atoms with E-state index >= 15 is 0 Å². The van der Waals surface area contributed by atoms with Crippen LogP contribution in [-0.2, 0) is 0 Å². The fourth-order valence-corrected chi connectivity index (χ4v) is 2.28. The zero-order valence-electron chi connectivity index (χ0n) is 13.1. The predicted octanol–water partition coefficient (Wildman–Crippen LogP) is 3.93. The number of hydrogen-bond donors (Lipinski definition) is 0. The highest BCUT2D eigenvalue weighted by Gasteiger charge is 2.22. The summed E-state index contributed by atoms with van der Waals surface area (Å²) in [6.45, 7) is 6.15. The highest BCUT2D eigenvalue weighted by molar-refractivity contribution is 6.30. The van der Waals surface area contributed by atoms with Crippen LogP contribution in [-0.4, -0.2) is 33.4 Å². The summed E-state index contributed by atoms with van der Waals surface area (Å²) in [5.74, 6) is -0.435. The van der Waals surface area contributed by atoms with Crippen LogP contribution in [0.15, 0.2) is 30.7 Å². The number of carbonyl (C=O) groups excluding carboxylic acids is 1. The number of hydrogen-bond acceptors (Lipinski definition) is 4. The molecule has 0 N–H and O–H groups in total. The Hall–Kier alpha value is -2.21. The van der Waals surface area contributed by atoms with E-state index in [4.69, 9.17) is 16.3 Å². The van der Waals surface area contributed by atoms with Crippen LogP contribution in [0.25, 0.3) is 0 Å². The number of halogens is 2. The number of rotatable bonds is 5. The number of carbonyl (C=O) groups is 1. The summed E-state index contributed by atoms with van der Waals surface area (Å²) in [4.78, 5) is 21.9. The van der Waals surface area contributed by atoms with Gasteiger partial charge in [-0.15, -0.1) is 0 Å². The van der Waals surface area contributed by atoms with Crippen molar-refractivity contribution in [1.82, 2.24) is 14.9 Å². The molecule has 1 heterocycles. The predicted molar refractivity (Wildman–Crippen MR) is 85.4 cm³/mol. The van der Waals surface area contributed by atoms with Crippen molar-refractivity contribution in [3.8, 4) is 11.5 Å². The summed E-state index contributed by atoms with van der Waals surface area (Å²) in [5, 5.41) is 0.110. The summed E-state index contributed by atoms with van der Waals surface area (Å²) in [7, 11) is 0. The van der Waals surface area contributed by atoms with Crippen LogP contribution < -0.4 is 4.74 Å². The van der Waals surface area contributed by atoms with Crippen molar-refractivity contribution in [2.24, 2.45) is 0 Å². The van der Waals surface area contributed by atoms with Crippen LogP contribution in [0.1, 0.15) is 31.1 Å². The molecule has 0 bridgehead atoms. The summed E-state index contributed by atoms with van der Waals surface area (Å²) >= 11 is 5.93. The highest BCUT2D eigenvalue weighted by atomic mass is 35.5. The van der Waals surface area contributed by atoms with Crippen LogP contribution in [0.4, 0.5) is 4.39 Å². The average molecular weight is 338 g/mol. The normalized spacial score (nSPS) is 10.7. The third kappa shape index (κ3) is 3.96. The lowest BCUT2D eigenvalue weighted by atomic mass is 10.1. The van der Waals surface area contributed by atoms with Gasteiger partial charge in [-0.3, -0.25) is 4.79 Å². The number of aromatic nitrogens is 2. The minimum Gasteiger partial charge on any atom is -0.452 e. The molecule has 2 rings (SSSR count). The van der Waals surface area contributed by atoms with Gasteiger partial charge in [0, 0.05) is 12.6 Å². The Balaban J connectivity index is 2.42. The number of benzene rings is 1. The number of nitrogens with zero attached hydrogens (tertiary/aromatic N) is 3. The average Bonchev–Trinajstić information content (AvgIpc) is 2.51. The zero-order valence-corrected chi connectivity index (χ0v) is 13.8. The monoisotopic (exact) mass is 337 g/mol. The van der Waals surface area contributed by atoms with Gasteiger partial charge in [-0.1, -0.05) is 11.6 Å². The van der Waals surface area contributed by atoms with Crippen LogP contribution in [0.5, 0.6) is 11.5 Å². The standard InChI is InChI=1S/C16H17ClFN3O2/c1-4-21(10(2)3)16(22)12-7-11(18)5-6-13(12)23-14-8-19-9-20-15(14)17/h5-10H,4H2,1-3H3. The molecular weight excluding hydrogens is 321 g/mol. The molecule has 0 atom stereocenters. The van der Waals surface area contributed by atoms with E-state index in [-0.39, 0.29) is 34.2 Å². The van der Waals surface area contributed by atoms with Crippen molar-refractivity contribution in [2.75, 3.05) is 6.54 Å². The van der Waals surface area contributed by atoms with E-state index in [1.807, 2.05) is 20.8 Å². The molecule has 1 aromatic carbocycles. The molecule has 0 unspecified atom stereocenters. The molecule has 0 saturated carbocycles. The van der Waals surface area contributed by atoms with Gasteiger partial charge >= 0.3 is 0 Å². The van der Waals surface area contributed by atoms with Gasteiger partial charge in [-0.05, 0) is 39.0 Å². The Bertz CT molecular complexity index is 709. The Morgan fingerprint density at radius 2 is 2.13 bits per heavy atom. The number of amides is 1. The molecule has 0 radical (unpaired) electrons. The maximum Gasteiger partial charge on any atom is 0.257 e. The summed E-state index contributed by atoms with van der Waals surface area (Å²) in [5.41, 5.74) is 0.125. The minimum absolute atomic E-state index is 0.0211. The third-order valence-corrected chi connectivity index (χ3v) is 3.53. The number of ether oxygens (including phenoxy) is 1. The molecule has 2 aromatic rings. The lowest BCUT2D eigenvalue weighted by Gasteiger charge is -2.26. The molecule has 0 aliphatic heterocycles. The second-order valence-electron chi connectivity index (χ2n) is 5.11. The smallest absolute Gasteiger partial charge is 0.257 e. The topological polar surface area (TPSA) is 55.3 Å². The Morgan fingerprint density at radius 1 is 1.39 bits per heavy atom. The highest BCUT2D eigenvalue weighted by Crippen LogP contribution is 2.30. The lowest BCUT2D eigenvalue weighted by molar-refractivity contribution is 0.0713. The van der Waals surface area contributed by atoms with Gasteiger partial charge < -0.3 is 9.64 Å². The van der Waals surface area contributed by atoms with E-state index in [0.717, 1.165) is 6.07 Å². The maximum atomic E-state index is 13.6. The second-order valence-corrected chi connectivity index (χ2v) is 5.46. The van der Waals surface area contributed by atoms with E-state index in [9.17, 15) is 9.18 Å². The summed E-state index contributed by atoms with van der Waals surface area (Å²) < 4.78 is 19.2. The zero-order chi connectivity index (χ0) is 17.0. The molecule has 23 heavy (non-hydrogen) atoms. The first kappa shape index (κ1) is 17.1. The second kappa shape index (κ2) is 7.37. The van der Waals surface area contributed by atoms with E-state index in [0.29, 0.717) is 6.54 Å². The fraction of sp³-hybridized carbons (Fsp3) is 0.312. The van der Waals surface area contributed by atoms with Crippen LogP contribution in [0.3, 0.4) is 0 Å². The first-order valence-electron chi connectivity index (χ1n) is 7.18. The van der Waals surface area contributed by atoms with Crippen molar-refractivity contribution < 1.29 is 13.9 Å². The van der Waals surface area contributed by atoms with Crippen molar-refractivity contribution in [2.45, 2.75) is 26.8 Å². The van der Waals surface area contributed by atoms with Gasteiger partial charge in [0.15, 0.2) is 10.9 Å². The van der Waals surface area contributed by atoms with Crippen LogP contribution >= 0.6 is 11.6 Å². The van der Waals surface area contributed by atoms with Crippen molar-refractivity contribution >= 4 is 17.5 Å². The fourth-order valence-electron chi connectivity index (χ4n) is 2.15. The van der Waals surface area contributed by atoms with E-state index in [1.165, 1.54) is 24.7 Å². The van der Waals surface area contributed by atoms with Gasteiger partial charge in [-0.25, -0.2) is 14.4 Å². The molecule has 5 nitrogen and oxygen atoms in total. The molecule has 0 aliphatic carbocycles. The molecule has 0 spiro atoms. The summed E-state index contributed by atoms with van der Waals surface area (Å²) in [6, 6.07) is 3.74. The maximum absolute atomic E-state index is 13.6. The molecule has 1 aromatic heterocycles. The largest absolute Gasteiger partial charge is 0.452 e. The molecule has 1 amide bonds. The van der Waals surface area contributed by atoms with E-state index in [2.05, 4.69) is 9.97 Å². The molecule has 0 saturated heterocycles. The summed E-state index contributed by atoms with van der Waals surface area (Å²) in [6.07, 6.45) is 2.66. The molecule has 122 valence electrons. The van der Waals surface area contributed by atoms with E-state index < -0.39 is 5.82 Å². The van der Waals surface area contributed by atoms with Crippen molar-refractivity contribution in [3.63, 3.8) is 0 Å². The Labute approximate surface area is 139 Å². The van der Waals surface area contributed by atoms with E-state index in [1.54, 1.807) is 4.90 Å². The molecule has 0 fully saturated rings. The van der Waals surface area contributed by atoms with Crippen molar-refractivity contribution in [1.29, 1.82) is 0 Å². The van der Waals surface area contributed by atoms with Gasteiger partial charge in [0.05, 0.1) is 11.8 Å². The Kier molecular flexibility index (Phi) is 5.50. The minimum atomic E-state index is -0.518. The van der Waals surface area contributed by atoms with Gasteiger partial charge in [0.1, 0.15) is 17.9 Å². The molecule has 0 aliphatic rings. The Morgan fingerprint density at radius 3 is 2.74 bits per heavy atom. The molecule has 7 heteroatoms. The van der Waals surface area contributed by atoms with Crippen LogP contribution in [0, 0.1) is 5.82 Å². The first-order valence-corrected chi connectivity index (χ1v) is 7.55. The van der Waals surface area contributed by atoms with Crippen molar-refractivity contribution in [3.05, 3.63) is 47.3 Å². The van der Waals surface area contributed by atoms with Gasteiger partial charge in [0.25, 0.3) is 5.91 Å².